The summed E-state index contributed by atoms with van der Waals surface area (Å²) in [7, 11) is 0. The summed E-state index contributed by atoms with van der Waals surface area (Å²) in [6.07, 6.45) is 1.33. The van der Waals surface area contributed by atoms with Crippen molar-refractivity contribution >= 4 is 17.5 Å². The highest BCUT2D eigenvalue weighted by atomic mass is 16.6. The van der Waals surface area contributed by atoms with Crippen molar-refractivity contribution in [3.63, 3.8) is 0 Å². The van der Waals surface area contributed by atoms with E-state index < -0.39 is 16.9 Å². The molecule has 8 nitrogen and oxygen atoms in total. The minimum atomic E-state index is -0.930. The van der Waals surface area contributed by atoms with Crippen LogP contribution in [0.1, 0.15) is 0 Å². The van der Waals surface area contributed by atoms with E-state index in [9.17, 15) is 14.9 Å². The average Bonchev–Trinajstić information content (AvgIpc) is 2.39. The molecule has 1 aliphatic rings. The molecule has 0 spiro atoms. The molecular formula is C10H12N4O4. The van der Waals surface area contributed by atoms with Gasteiger partial charge in [-0.1, -0.05) is 0 Å². The molecule has 2 N–H and O–H groups in total. The molecule has 0 saturated carbocycles. The van der Waals surface area contributed by atoms with Crippen LogP contribution in [0.4, 0.5) is 11.5 Å². The molecule has 2 heterocycles. The van der Waals surface area contributed by atoms with Gasteiger partial charge >= 0.3 is 11.8 Å². The number of carboxylic acids is 1. The molecule has 1 unspecified atom stereocenters. The molecule has 1 saturated heterocycles. The van der Waals surface area contributed by atoms with Gasteiger partial charge in [-0.25, -0.2) is 4.79 Å². The van der Waals surface area contributed by atoms with Crippen LogP contribution in [0.3, 0.4) is 0 Å². The van der Waals surface area contributed by atoms with Crippen molar-refractivity contribution in [1.29, 1.82) is 0 Å². The van der Waals surface area contributed by atoms with Gasteiger partial charge in [0.15, 0.2) is 6.20 Å². The second kappa shape index (κ2) is 4.96. The first-order valence-corrected chi connectivity index (χ1v) is 5.40. The molecule has 0 amide bonds. The van der Waals surface area contributed by atoms with Crippen LogP contribution in [0.15, 0.2) is 18.3 Å². The van der Waals surface area contributed by atoms with Crippen molar-refractivity contribution in [1.82, 2.24) is 10.3 Å². The minimum absolute atomic E-state index is 0.249. The van der Waals surface area contributed by atoms with E-state index >= 15 is 0 Å². The lowest BCUT2D eigenvalue weighted by Gasteiger charge is -2.34. The summed E-state index contributed by atoms with van der Waals surface area (Å²) in [6, 6.07) is 2.12. The molecule has 1 aromatic heterocycles. The molecule has 1 fully saturated rings. The number of hydrogen-bond donors (Lipinski definition) is 2. The van der Waals surface area contributed by atoms with E-state index in [0.717, 1.165) is 0 Å². The highest BCUT2D eigenvalue weighted by molar-refractivity contribution is 5.78. The second-order valence-corrected chi connectivity index (χ2v) is 3.88. The number of hydrogen-bond acceptors (Lipinski definition) is 6. The highest BCUT2D eigenvalue weighted by Crippen LogP contribution is 2.19. The molecule has 8 heteroatoms. The van der Waals surface area contributed by atoms with Crippen LogP contribution < -0.4 is 10.2 Å². The van der Waals surface area contributed by atoms with Crippen molar-refractivity contribution < 1.29 is 14.8 Å². The smallest absolute Gasteiger partial charge is 0.363 e. The Labute approximate surface area is 102 Å². The summed E-state index contributed by atoms with van der Waals surface area (Å²) in [6.45, 7) is 1.53. The van der Waals surface area contributed by atoms with E-state index in [1.807, 2.05) is 0 Å². The molecule has 1 atom stereocenters. The standard InChI is InChI=1S/C10H12N4O4/c15-10(16)8-6-11-3-4-13(8)7-1-2-9(12-5-7)14(17)18/h1-2,5,8,11H,3-4,6H2,(H,15,16). The number of aliphatic carboxylic acids is 1. The normalized spacial score (nSPS) is 19.6. The highest BCUT2D eigenvalue weighted by Gasteiger charge is 2.29. The first kappa shape index (κ1) is 12.2. The number of carboxylic acid groups (broad SMARTS) is 1. The quantitative estimate of drug-likeness (QED) is 0.568. The fraction of sp³-hybridized carbons (Fsp3) is 0.400. The molecular weight excluding hydrogens is 240 g/mol. The molecule has 0 aromatic carbocycles. The maximum atomic E-state index is 11.1. The van der Waals surface area contributed by atoms with Crippen LogP contribution in [0.25, 0.3) is 0 Å². The van der Waals surface area contributed by atoms with Crippen LogP contribution in [0.2, 0.25) is 0 Å². The Kier molecular flexibility index (Phi) is 3.38. The lowest BCUT2D eigenvalue weighted by atomic mass is 10.1. The third-order valence-corrected chi connectivity index (χ3v) is 2.78. The van der Waals surface area contributed by atoms with Crippen LogP contribution in [-0.2, 0) is 4.79 Å². The number of nitrogens with one attached hydrogen (secondary N) is 1. The molecule has 0 bridgehead atoms. The number of rotatable bonds is 3. The molecule has 0 radical (unpaired) electrons. The number of piperazine rings is 1. The van der Waals surface area contributed by atoms with Crippen LogP contribution in [-0.4, -0.2) is 46.7 Å². The van der Waals surface area contributed by atoms with Gasteiger partial charge in [-0.15, -0.1) is 0 Å². The summed E-state index contributed by atoms with van der Waals surface area (Å²) < 4.78 is 0. The number of nitro groups is 1. The van der Waals surface area contributed by atoms with E-state index in [0.29, 0.717) is 25.3 Å². The zero-order chi connectivity index (χ0) is 13.1. The molecule has 18 heavy (non-hydrogen) atoms. The first-order valence-electron chi connectivity index (χ1n) is 5.40. The second-order valence-electron chi connectivity index (χ2n) is 3.88. The van der Waals surface area contributed by atoms with Gasteiger partial charge in [-0.05, 0) is 16.0 Å². The van der Waals surface area contributed by atoms with Gasteiger partial charge in [0.25, 0.3) is 0 Å². The largest absolute Gasteiger partial charge is 0.480 e. The summed E-state index contributed by atoms with van der Waals surface area (Å²) in [5, 5.41) is 22.6. The number of aromatic nitrogens is 1. The van der Waals surface area contributed by atoms with Crippen LogP contribution in [0, 0.1) is 10.1 Å². The fourth-order valence-corrected chi connectivity index (χ4v) is 1.89. The van der Waals surface area contributed by atoms with Crippen molar-refractivity contribution in [3.05, 3.63) is 28.4 Å². The molecule has 96 valence electrons. The predicted octanol–water partition coefficient (Wildman–Crippen LogP) is -0.147. The van der Waals surface area contributed by atoms with Crippen LogP contribution in [0.5, 0.6) is 0 Å². The number of nitrogens with zero attached hydrogens (tertiary/aromatic N) is 3. The number of pyridine rings is 1. The first-order chi connectivity index (χ1) is 8.59. The number of carbonyl (C=O) groups is 1. The zero-order valence-corrected chi connectivity index (χ0v) is 9.44. The van der Waals surface area contributed by atoms with E-state index in [2.05, 4.69) is 10.3 Å². The summed E-state index contributed by atoms with van der Waals surface area (Å²) in [5.41, 5.74) is 0.578. The van der Waals surface area contributed by atoms with Gasteiger partial charge in [0.1, 0.15) is 6.04 Å². The van der Waals surface area contributed by atoms with Gasteiger partial charge in [-0.2, -0.15) is 0 Å². The van der Waals surface area contributed by atoms with E-state index in [-0.39, 0.29) is 5.82 Å². The maximum absolute atomic E-state index is 11.1. The van der Waals surface area contributed by atoms with Crippen molar-refractivity contribution in [2.45, 2.75) is 6.04 Å². The Morgan fingerprint density at radius 2 is 2.39 bits per heavy atom. The average molecular weight is 252 g/mol. The third kappa shape index (κ3) is 2.38. The Bertz CT molecular complexity index is 461. The summed E-state index contributed by atoms with van der Waals surface area (Å²) >= 11 is 0. The van der Waals surface area contributed by atoms with Gasteiger partial charge in [-0.3, -0.25) is 0 Å². The summed E-state index contributed by atoms with van der Waals surface area (Å²) in [4.78, 5) is 26.4. The number of anilines is 1. The van der Waals surface area contributed by atoms with Gasteiger partial charge in [0, 0.05) is 25.7 Å². The molecule has 1 aliphatic heterocycles. The van der Waals surface area contributed by atoms with E-state index in [1.165, 1.54) is 18.3 Å². The van der Waals surface area contributed by atoms with Gasteiger partial charge in [0.2, 0.25) is 0 Å². The Morgan fingerprint density at radius 1 is 1.61 bits per heavy atom. The van der Waals surface area contributed by atoms with Crippen LogP contribution >= 0.6 is 0 Å². The minimum Gasteiger partial charge on any atom is -0.480 e. The van der Waals surface area contributed by atoms with Crippen molar-refractivity contribution in [2.24, 2.45) is 0 Å². The summed E-state index contributed by atoms with van der Waals surface area (Å²) in [5.74, 6) is -1.18. The zero-order valence-electron chi connectivity index (χ0n) is 9.44. The SMILES string of the molecule is O=C(O)C1CNCCN1c1ccc([N+](=O)[O-])nc1. The van der Waals surface area contributed by atoms with Gasteiger partial charge in [0.05, 0.1) is 5.69 Å². The van der Waals surface area contributed by atoms with Gasteiger partial charge < -0.3 is 25.4 Å². The Hall–Kier alpha value is -2.22. The fourth-order valence-electron chi connectivity index (χ4n) is 1.89. The topological polar surface area (TPSA) is 109 Å². The Balaban J connectivity index is 2.23. The third-order valence-electron chi connectivity index (χ3n) is 2.78. The monoisotopic (exact) mass is 252 g/mol. The van der Waals surface area contributed by atoms with E-state index in [4.69, 9.17) is 5.11 Å². The molecule has 2 rings (SSSR count). The predicted molar refractivity (Wildman–Crippen MR) is 62.5 cm³/mol. The van der Waals surface area contributed by atoms with Crippen molar-refractivity contribution in [2.75, 3.05) is 24.5 Å². The molecule has 0 aliphatic carbocycles. The van der Waals surface area contributed by atoms with Crippen molar-refractivity contribution in [3.8, 4) is 0 Å². The maximum Gasteiger partial charge on any atom is 0.363 e. The van der Waals surface area contributed by atoms with E-state index in [1.54, 1.807) is 4.90 Å². The Morgan fingerprint density at radius 3 is 2.94 bits per heavy atom. The lowest BCUT2D eigenvalue weighted by Crippen LogP contribution is -2.55. The lowest BCUT2D eigenvalue weighted by molar-refractivity contribution is -0.389. The molecule has 1 aromatic rings.